The third kappa shape index (κ3) is 2.95. The fourth-order valence-electron chi connectivity index (χ4n) is 1.14. The van der Waals surface area contributed by atoms with Gasteiger partial charge in [0.25, 0.3) is 0 Å². The van der Waals surface area contributed by atoms with Gasteiger partial charge in [0.15, 0.2) is 0 Å². The van der Waals surface area contributed by atoms with Crippen molar-refractivity contribution in [2.24, 2.45) is 0 Å². The summed E-state index contributed by atoms with van der Waals surface area (Å²) in [5, 5.41) is 8.71. The van der Waals surface area contributed by atoms with Crippen molar-refractivity contribution < 1.29 is 18.7 Å². The summed E-state index contributed by atoms with van der Waals surface area (Å²) in [7, 11) is 0. The maximum Gasteiger partial charge on any atom is 0.379 e. The molecule has 0 atom stereocenters. The highest BCUT2D eigenvalue weighted by atomic mass is 32.2. The van der Waals surface area contributed by atoms with Gasteiger partial charge < -0.3 is 5.11 Å². The number of thioether (sulfide) groups is 1. The molecule has 0 heterocycles. The summed E-state index contributed by atoms with van der Waals surface area (Å²) in [5.41, 5.74) is -0.492. The van der Waals surface area contributed by atoms with E-state index in [-0.39, 0.29) is 0 Å². The predicted molar refractivity (Wildman–Crippen MR) is 59.0 cm³/mol. The molecule has 0 saturated heterocycles. The molecule has 0 saturated carbocycles. The lowest BCUT2D eigenvalue weighted by molar-refractivity contribution is -0.166. The number of rotatable bonds is 4. The highest BCUT2D eigenvalue weighted by Gasteiger charge is 2.40. The molecule has 0 aliphatic carbocycles. The van der Waals surface area contributed by atoms with Crippen molar-refractivity contribution in [3.8, 4) is 0 Å². The standard InChI is InChI=1S/C11H12F2O2S/c1-7(2)16-9-5-3-8(4-6-9)11(12,13)10(14)15/h3-7H,1-2H3,(H,14,15). The van der Waals surface area contributed by atoms with Crippen LogP contribution in [0.5, 0.6) is 0 Å². The van der Waals surface area contributed by atoms with Crippen molar-refractivity contribution in [3.05, 3.63) is 29.8 Å². The van der Waals surface area contributed by atoms with Crippen LogP contribution in [-0.4, -0.2) is 16.3 Å². The first-order chi connectivity index (χ1) is 7.34. The van der Waals surface area contributed by atoms with Gasteiger partial charge in [0.2, 0.25) is 0 Å². The largest absolute Gasteiger partial charge is 0.477 e. The van der Waals surface area contributed by atoms with E-state index in [2.05, 4.69) is 0 Å². The second kappa shape index (κ2) is 4.82. The Morgan fingerprint density at radius 3 is 2.19 bits per heavy atom. The van der Waals surface area contributed by atoms with E-state index < -0.39 is 17.5 Å². The summed E-state index contributed by atoms with van der Waals surface area (Å²) in [4.78, 5) is 11.2. The van der Waals surface area contributed by atoms with Gasteiger partial charge in [-0.25, -0.2) is 4.79 Å². The lowest BCUT2D eigenvalue weighted by atomic mass is 10.1. The van der Waals surface area contributed by atoms with Crippen molar-refractivity contribution in [1.29, 1.82) is 0 Å². The van der Waals surface area contributed by atoms with Gasteiger partial charge in [0.1, 0.15) is 0 Å². The van der Waals surface area contributed by atoms with Crippen molar-refractivity contribution >= 4 is 17.7 Å². The molecule has 1 N–H and O–H groups in total. The molecule has 0 fully saturated rings. The summed E-state index contributed by atoms with van der Waals surface area (Å²) in [5.74, 6) is -5.95. The van der Waals surface area contributed by atoms with E-state index in [4.69, 9.17) is 5.11 Å². The lowest BCUT2D eigenvalue weighted by Crippen LogP contribution is -2.25. The molecular formula is C11H12F2O2S. The molecule has 0 aliphatic rings. The summed E-state index contributed by atoms with van der Waals surface area (Å²) >= 11 is 1.53. The molecule has 1 rings (SSSR count). The van der Waals surface area contributed by atoms with Crippen LogP contribution in [0.4, 0.5) is 8.78 Å². The molecule has 0 aliphatic heterocycles. The zero-order valence-corrected chi connectivity index (χ0v) is 9.72. The van der Waals surface area contributed by atoms with E-state index in [0.29, 0.717) is 5.25 Å². The molecule has 2 nitrogen and oxygen atoms in total. The Kier molecular flexibility index (Phi) is 3.91. The number of carboxylic acids is 1. The van der Waals surface area contributed by atoms with Crippen molar-refractivity contribution in [2.45, 2.75) is 29.9 Å². The number of hydrogen-bond acceptors (Lipinski definition) is 2. The number of aliphatic carboxylic acids is 1. The van der Waals surface area contributed by atoms with Gasteiger partial charge in [-0.2, -0.15) is 8.78 Å². The normalized spacial score (nSPS) is 11.8. The van der Waals surface area contributed by atoms with E-state index in [1.807, 2.05) is 13.8 Å². The topological polar surface area (TPSA) is 37.3 Å². The molecule has 0 radical (unpaired) electrons. The van der Waals surface area contributed by atoms with E-state index in [1.54, 1.807) is 0 Å². The summed E-state index contributed by atoms with van der Waals surface area (Å²) in [6, 6.07) is 5.32. The molecule has 1 aromatic carbocycles. The molecule has 1 aromatic rings. The summed E-state index contributed by atoms with van der Waals surface area (Å²) in [6.45, 7) is 3.98. The first-order valence-corrected chi connectivity index (χ1v) is 5.60. The Hall–Kier alpha value is -1.10. The van der Waals surface area contributed by atoms with Crippen molar-refractivity contribution in [1.82, 2.24) is 0 Å². The highest BCUT2D eigenvalue weighted by molar-refractivity contribution is 7.99. The molecule has 0 amide bonds. The van der Waals surface area contributed by atoms with Crippen LogP contribution < -0.4 is 0 Å². The summed E-state index contributed by atoms with van der Waals surface area (Å²) < 4.78 is 26.1. The molecule has 88 valence electrons. The number of halogens is 2. The fourth-order valence-corrected chi connectivity index (χ4v) is 1.98. The van der Waals surface area contributed by atoms with E-state index in [9.17, 15) is 13.6 Å². The number of carbonyl (C=O) groups is 1. The monoisotopic (exact) mass is 246 g/mol. The number of alkyl halides is 2. The Morgan fingerprint density at radius 1 is 1.31 bits per heavy atom. The van der Waals surface area contributed by atoms with Gasteiger partial charge in [-0.3, -0.25) is 0 Å². The first-order valence-electron chi connectivity index (χ1n) is 4.72. The zero-order valence-electron chi connectivity index (χ0n) is 8.91. The van der Waals surface area contributed by atoms with Gasteiger partial charge in [-0.15, -0.1) is 11.8 Å². The minimum absolute atomic E-state index is 0.353. The van der Waals surface area contributed by atoms with Crippen LogP contribution >= 0.6 is 11.8 Å². The van der Waals surface area contributed by atoms with Crippen LogP contribution in [0.3, 0.4) is 0 Å². The number of hydrogen-bond donors (Lipinski definition) is 1. The molecular weight excluding hydrogens is 234 g/mol. The van der Waals surface area contributed by atoms with E-state index in [0.717, 1.165) is 17.0 Å². The Balaban J connectivity index is 2.91. The Labute approximate surface area is 96.7 Å². The molecule has 0 unspecified atom stereocenters. The molecule has 16 heavy (non-hydrogen) atoms. The van der Waals surface area contributed by atoms with Crippen LogP contribution in [0.1, 0.15) is 19.4 Å². The predicted octanol–water partition coefficient (Wildman–Crippen LogP) is 3.36. The maximum atomic E-state index is 13.1. The lowest BCUT2D eigenvalue weighted by Gasteiger charge is -2.12. The average Bonchev–Trinajstić information content (AvgIpc) is 2.17. The third-order valence-electron chi connectivity index (χ3n) is 1.86. The minimum atomic E-state index is -3.82. The second-order valence-electron chi connectivity index (χ2n) is 3.57. The fraction of sp³-hybridized carbons (Fsp3) is 0.364. The van der Waals surface area contributed by atoms with Crippen molar-refractivity contribution in [3.63, 3.8) is 0 Å². The van der Waals surface area contributed by atoms with Crippen LogP contribution in [0.2, 0.25) is 0 Å². The minimum Gasteiger partial charge on any atom is -0.477 e. The summed E-state index contributed by atoms with van der Waals surface area (Å²) in [6.07, 6.45) is 0. The zero-order chi connectivity index (χ0) is 12.3. The molecule has 0 bridgehead atoms. The number of carboxylic acid groups (broad SMARTS) is 1. The first kappa shape index (κ1) is 13.0. The number of benzene rings is 1. The smallest absolute Gasteiger partial charge is 0.379 e. The van der Waals surface area contributed by atoms with Crippen LogP contribution in [0, 0.1) is 0 Å². The van der Waals surface area contributed by atoms with E-state index in [1.165, 1.54) is 23.9 Å². The average molecular weight is 246 g/mol. The van der Waals surface area contributed by atoms with Gasteiger partial charge in [0.05, 0.1) is 0 Å². The Morgan fingerprint density at radius 2 is 1.81 bits per heavy atom. The van der Waals surface area contributed by atoms with Crippen molar-refractivity contribution in [2.75, 3.05) is 0 Å². The Bertz CT molecular complexity index is 374. The molecule has 5 heteroatoms. The van der Waals surface area contributed by atoms with Crippen LogP contribution in [-0.2, 0) is 10.7 Å². The van der Waals surface area contributed by atoms with Gasteiger partial charge in [-0.05, 0) is 12.1 Å². The molecule has 0 aromatic heterocycles. The quantitative estimate of drug-likeness (QED) is 0.828. The molecule has 0 spiro atoms. The second-order valence-corrected chi connectivity index (χ2v) is 5.22. The van der Waals surface area contributed by atoms with Gasteiger partial charge >= 0.3 is 11.9 Å². The highest BCUT2D eigenvalue weighted by Crippen LogP contribution is 2.30. The third-order valence-corrected chi connectivity index (χ3v) is 2.87. The SMILES string of the molecule is CC(C)Sc1ccc(C(F)(F)C(=O)O)cc1. The van der Waals surface area contributed by atoms with Crippen LogP contribution in [0.25, 0.3) is 0 Å². The van der Waals surface area contributed by atoms with Crippen LogP contribution in [0.15, 0.2) is 29.2 Å². The maximum absolute atomic E-state index is 13.1. The van der Waals surface area contributed by atoms with E-state index >= 15 is 0 Å². The van der Waals surface area contributed by atoms with Gasteiger partial charge in [0, 0.05) is 15.7 Å². The van der Waals surface area contributed by atoms with Gasteiger partial charge in [-0.1, -0.05) is 26.0 Å².